The number of ether oxygens (including phenoxy) is 2. The number of carbonyl (C=O) groups is 3. The molecule has 0 radical (unpaired) electrons. The minimum atomic E-state index is -1.81. The number of alkyl halides is 3. The highest BCUT2D eigenvalue weighted by Gasteiger charge is 2.44. The minimum absolute atomic E-state index is 0.222. The molecule has 2 N–H and O–H groups in total. The Morgan fingerprint density at radius 1 is 1.26 bits per heavy atom. The molecule has 2 rings (SSSR count). The molecule has 1 aliphatic rings. The predicted octanol–water partition coefficient (Wildman–Crippen LogP) is 7.37. The van der Waals surface area contributed by atoms with Gasteiger partial charge in [0.15, 0.2) is 0 Å². The smallest absolute Gasteiger partial charge is 0.430 e. The number of aryl methyl sites for hydroxylation is 1. The standard InChI is InChI=1S/C30H43Cl3N2O6S/c1-17-9-8-10-18(2)26(41-28(39)40-16-30(31,32)33)20(4)27(38)29(6,7)24(36)14-25(37)35-23(12-11-17)19(3)13-22-15-42-21(5)34-22/h11,13,15,18,20,23-24,26,36H,8-10,12,14,16H2,1-7H3,(H,35,37)/b17-11-,19-13+/t18?,20?,23-,24?,26-/m0/s1. The number of aromatic nitrogens is 1. The van der Waals surface area contributed by atoms with Crippen molar-refractivity contribution in [3.8, 4) is 0 Å². The third kappa shape index (κ3) is 11.5. The molecule has 12 heteroatoms. The lowest BCUT2D eigenvalue weighted by Crippen LogP contribution is -2.48. The molecule has 0 saturated carbocycles. The second-order valence-corrected chi connectivity index (χ2v) is 15.4. The molecule has 0 spiro atoms. The summed E-state index contributed by atoms with van der Waals surface area (Å²) in [5.41, 5.74) is 1.61. The van der Waals surface area contributed by atoms with Crippen LogP contribution in [-0.2, 0) is 19.1 Å². The van der Waals surface area contributed by atoms with E-state index in [2.05, 4.69) is 16.4 Å². The first-order valence-electron chi connectivity index (χ1n) is 14.1. The van der Waals surface area contributed by atoms with Crippen LogP contribution < -0.4 is 5.32 Å². The fourth-order valence-electron chi connectivity index (χ4n) is 5.01. The van der Waals surface area contributed by atoms with Gasteiger partial charge in [-0.25, -0.2) is 9.78 Å². The number of allylic oxidation sites excluding steroid dienone is 1. The first kappa shape index (κ1) is 36.5. The number of amides is 1. The van der Waals surface area contributed by atoms with Crippen molar-refractivity contribution in [3.63, 3.8) is 0 Å². The Bertz CT molecular complexity index is 1160. The van der Waals surface area contributed by atoms with E-state index in [0.717, 1.165) is 34.7 Å². The lowest BCUT2D eigenvalue weighted by Gasteiger charge is -2.36. The number of nitrogens with one attached hydrogen (secondary N) is 1. The molecule has 0 aromatic carbocycles. The van der Waals surface area contributed by atoms with Crippen LogP contribution in [0.5, 0.6) is 0 Å². The van der Waals surface area contributed by atoms with Crippen LogP contribution >= 0.6 is 46.1 Å². The Morgan fingerprint density at radius 3 is 2.52 bits per heavy atom. The summed E-state index contributed by atoms with van der Waals surface area (Å²) in [6.45, 7) is 12.2. The summed E-state index contributed by atoms with van der Waals surface area (Å²) in [6.07, 6.45) is 3.40. The van der Waals surface area contributed by atoms with Crippen molar-refractivity contribution in [1.82, 2.24) is 10.3 Å². The highest BCUT2D eigenvalue weighted by Crippen LogP contribution is 2.34. The van der Waals surface area contributed by atoms with E-state index >= 15 is 0 Å². The molecular weight excluding hydrogens is 623 g/mol. The second-order valence-electron chi connectivity index (χ2n) is 11.8. The summed E-state index contributed by atoms with van der Waals surface area (Å²) in [7, 11) is 0. The number of hydrogen-bond donors (Lipinski definition) is 2. The maximum absolute atomic E-state index is 13.7. The summed E-state index contributed by atoms with van der Waals surface area (Å²) in [5.74, 6) is -1.75. The summed E-state index contributed by atoms with van der Waals surface area (Å²) in [4.78, 5) is 43.9. The lowest BCUT2D eigenvalue weighted by molar-refractivity contribution is -0.144. The quantitative estimate of drug-likeness (QED) is 0.196. The molecule has 1 aromatic heterocycles. The fraction of sp³-hybridized carbons (Fsp3) is 0.667. The molecule has 42 heavy (non-hydrogen) atoms. The van der Waals surface area contributed by atoms with Gasteiger partial charge in [0.25, 0.3) is 0 Å². The number of ketones is 1. The normalized spacial score (nSPS) is 28.4. The molecule has 236 valence electrons. The van der Waals surface area contributed by atoms with Gasteiger partial charge in [-0.05, 0) is 64.0 Å². The summed E-state index contributed by atoms with van der Waals surface area (Å²) < 4.78 is 8.77. The number of hydrogen-bond acceptors (Lipinski definition) is 8. The van der Waals surface area contributed by atoms with Crippen molar-refractivity contribution in [2.75, 3.05) is 6.61 Å². The Kier molecular flexibility index (Phi) is 13.8. The molecule has 0 aliphatic carbocycles. The van der Waals surface area contributed by atoms with Gasteiger partial charge < -0.3 is 19.9 Å². The number of rotatable bonds is 4. The molecule has 0 saturated heterocycles. The zero-order chi connectivity index (χ0) is 31.8. The molecule has 1 amide bonds. The Balaban J connectivity index is 2.35. The number of aliphatic hydroxyl groups is 1. The van der Waals surface area contributed by atoms with Crippen LogP contribution in [0.3, 0.4) is 0 Å². The average molecular weight is 666 g/mol. The van der Waals surface area contributed by atoms with E-state index in [1.165, 1.54) is 0 Å². The van der Waals surface area contributed by atoms with E-state index in [1.54, 1.807) is 32.1 Å². The van der Waals surface area contributed by atoms with Gasteiger partial charge in [-0.1, -0.05) is 74.1 Å². The first-order chi connectivity index (χ1) is 19.4. The molecular formula is C30H43Cl3N2O6S. The first-order valence-corrected chi connectivity index (χ1v) is 16.1. The SMILES string of the molecule is C/C1=C/C[C@@H](/C(C)=C/c2csc(C)n2)NC(=O)CC(O)C(C)(C)C(=O)C(C)[C@@H](OC(=O)OCC(Cl)(Cl)Cl)C(C)CCC1. The van der Waals surface area contributed by atoms with Crippen molar-refractivity contribution >= 4 is 70.1 Å². The third-order valence-electron chi connectivity index (χ3n) is 7.73. The van der Waals surface area contributed by atoms with Crippen LogP contribution in [0.1, 0.15) is 84.3 Å². The van der Waals surface area contributed by atoms with E-state index in [-0.39, 0.29) is 30.1 Å². The summed E-state index contributed by atoms with van der Waals surface area (Å²) in [5, 5.41) is 17.1. The molecule has 1 aliphatic heterocycles. The maximum Gasteiger partial charge on any atom is 0.508 e. The molecule has 1 aromatic rings. The fourth-order valence-corrected chi connectivity index (χ4v) is 5.74. The number of carbonyl (C=O) groups excluding carboxylic acids is 3. The number of halogens is 3. The van der Waals surface area contributed by atoms with Gasteiger partial charge in [-0.15, -0.1) is 11.3 Å². The van der Waals surface area contributed by atoms with Crippen LogP contribution in [0, 0.1) is 24.2 Å². The molecule has 0 fully saturated rings. The predicted molar refractivity (Wildman–Crippen MR) is 169 cm³/mol. The van der Waals surface area contributed by atoms with Crippen LogP contribution in [-0.4, -0.2) is 56.6 Å². The molecule has 8 nitrogen and oxygen atoms in total. The molecule has 2 heterocycles. The van der Waals surface area contributed by atoms with Gasteiger partial charge in [-0.2, -0.15) is 0 Å². The number of aliphatic hydroxyl groups excluding tert-OH is 1. The van der Waals surface area contributed by atoms with E-state index in [1.807, 2.05) is 39.2 Å². The topological polar surface area (TPSA) is 115 Å². The molecule has 5 atom stereocenters. The van der Waals surface area contributed by atoms with Gasteiger partial charge in [-0.3, -0.25) is 9.59 Å². The Morgan fingerprint density at radius 2 is 1.93 bits per heavy atom. The van der Waals surface area contributed by atoms with Gasteiger partial charge in [0.05, 0.1) is 40.6 Å². The van der Waals surface area contributed by atoms with Crippen LogP contribution in [0.4, 0.5) is 4.79 Å². The lowest BCUT2D eigenvalue weighted by atomic mass is 9.72. The van der Waals surface area contributed by atoms with Gasteiger partial charge in [0.1, 0.15) is 18.5 Å². The zero-order valence-electron chi connectivity index (χ0n) is 25.3. The minimum Gasteiger partial charge on any atom is -0.430 e. The summed E-state index contributed by atoms with van der Waals surface area (Å²) in [6, 6.07) is -0.303. The van der Waals surface area contributed by atoms with Gasteiger partial charge in [0.2, 0.25) is 9.70 Å². The van der Waals surface area contributed by atoms with E-state index in [9.17, 15) is 19.5 Å². The number of thiazole rings is 1. The van der Waals surface area contributed by atoms with E-state index in [4.69, 9.17) is 44.3 Å². The van der Waals surface area contributed by atoms with Crippen LogP contribution in [0.15, 0.2) is 22.6 Å². The van der Waals surface area contributed by atoms with Crippen LogP contribution in [0.2, 0.25) is 0 Å². The maximum atomic E-state index is 13.7. The van der Waals surface area contributed by atoms with Crippen molar-refractivity contribution < 1.29 is 29.0 Å². The van der Waals surface area contributed by atoms with Crippen molar-refractivity contribution in [2.45, 2.75) is 103 Å². The summed E-state index contributed by atoms with van der Waals surface area (Å²) >= 11 is 18.6. The average Bonchev–Trinajstić information content (AvgIpc) is 3.30. The Hall–Kier alpha value is -1.65. The van der Waals surface area contributed by atoms with Crippen LogP contribution in [0.25, 0.3) is 6.08 Å². The monoisotopic (exact) mass is 664 g/mol. The highest BCUT2D eigenvalue weighted by atomic mass is 35.6. The van der Waals surface area contributed by atoms with Crippen molar-refractivity contribution in [1.29, 1.82) is 0 Å². The largest absolute Gasteiger partial charge is 0.508 e. The van der Waals surface area contributed by atoms with E-state index in [0.29, 0.717) is 12.8 Å². The van der Waals surface area contributed by atoms with Gasteiger partial charge >= 0.3 is 6.16 Å². The van der Waals surface area contributed by atoms with Crippen molar-refractivity contribution in [3.05, 3.63) is 33.3 Å². The second kappa shape index (κ2) is 15.9. The highest BCUT2D eigenvalue weighted by molar-refractivity contribution is 7.09. The van der Waals surface area contributed by atoms with Crippen molar-refractivity contribution in [2.24, 2.45) is 17.3 Å². The number of Topliss-reactive ketones (excluding diaryl/α,β-unsaturated/α-hetero) is 1. The molecule has 3 unspecified atom stereocenters. The van der Waals surface area contributed by atoms with E-state index < -0.39 is 40.1 Å². The molecule has 0 bridgehead atoms. The Labute approximate surface area is 268 Å². The number of nitrogens with zero attached hydrogens (tertiary/aromatic N) is 1. The third-order valence-corrected chi connectivity index (χ3v) is 8.85. The van der Waals surface area contributed by atoms with Gasteiger partial charge in [0, 0.05) is 5.38 Å². The zero-order valence-corrected chi connectivity index (χ0v) is 28.4.